The summed E-state index contributed by atoms with van der Waals surface area (Å²) in [7, 11) is -3.71. The first kappa shape index (κ1) is 21.7. The van der Waals surface area contributed by atoms with Crippen molar-refractivity contribution in [2.45, 2.75) is 32.1 Å². The molecule has 1 aromatic rings. The van der Waals surface area contributed by atoms with Gasteiger partial charge in [0, 0.05) is 26.2 Å². The van der Waals surface area contributed by atoms with Crippen LogP contribution in [0.5, 0.6) is 0 Å². The van der Waals surface area contributed by atoms with E-state index >= 15 is 0 Å². The Kier molecular flexibility index (Phi) is 6.88. The van der Waals surface area contributed by atoms with E-state index in [1.165, 1.54) is 21.3 Å². The van der Waals surface area contributed by atoms with Crippen LogP contribution in [0.15, 0.2) is 29.2 Å². The van der Waals surface area contributed by atoms with Crippen LogP contribution in [0.1, 0.15) is 27.2 Å². The Morgan fingerprint density at radius 1 is 1.11 bits per heavy atom. The Hall–Kier alpha value is -1.64. The Labute approximate surface area is 165 Å². The smallest absolute Gasteiger partial charge is 0.306 e. The van der Waals surface area contributed by atoms with Gasteiger partial charge in [-0.2, -0.15) is 4.31 Å². The van der Waals surface area contributed by atoms with E-state index in [9.17, 15) is 18.0 Å². The fraction of sp³-hybridized carbons (Fsp3) is 0.556. The maximum atomic E-state index is 12.7. The monoisotopic (exact) mass is 416 g/mol. The van der Waals surface area contributed by atoms with Crippen molar-refractivity contribution in [2.75, 3.05) is 32.8 Å². The summed E-state index contributed by atoms with van der Waals surface area (Å²) in [6.45, 7) is 6.20. The van der Waals surface area contributed by atoms with E-state index in [1.54, 1.807) is 12.1 Å². The lowest BCUT2D eigenvalue weighted by Crippen LogP contribution is -2.51. The van der Waals surface area contributed by atoms with Crippen molar-refractivity contribution in [2.24, 2.45) is 5.41 Å². The van der Waals surface area contributed by atoms with Gasteiger partial charge in [-0.15, -0.1) is 0 Å². The molecule has 0 aliphatic carbocycles. The zero-order valence-corrected chi connectivity index (χ0v) is 17.3. The quantitative estimate of drug-likeness (QED) is 0.686. The van der Waals surface area contributed by atoms with Crippen LogP contribution in [0, 0.1) is 5.41 Å². The predicted octanol–water partition coefficient (Wildman–Crippen LogP) is 2.15. The average molecular weight is 417 g/mol. The lowest BCUT2D eigenvalue weighted by molar-refractivity contribution is -0.154. The van der Waals surface area contributed by atoms with Crippen molar-refractivity contribution in [1.29, 1.82) is 0 Å². The van der Waals surface area contributed by atoms with Crippen LogP contribution in [-0.4, -0.2) is 62.3 Å². The van der Waals surface area contributed by atoms with Gasteiger partial charge < -0.3 is 9.64 Å². The molecule has 1 aliphatic rings. The molecule has 0 N–H and O–H groups in total. The average Bonchev–Trinajstić information content (AvgIpc) is 2.58. The van der Waals surface area contributed by atoms with E-state index in [-0.39, 0.29) is 60.4 Å². The zero-order valence-electron chi connectivity index (χ0n) is 15.8. The summed E-state index contributed by atoms with van der Waals surface area (Å²) >= 11 is 6.00. The highest BCUT2D eigenvalue weighted by Crippen LogP contribution is 2.25. The first-order valence-electron chi connectivity index (χ1n) is 8.69. The lowest BCUT2D eigenvalue weighted by Gasteiger charge is -2.34. The van der Waals surface area contributed by atoms with Crippen molar-refractivity contribution in [3.05, 3.63) is 29.3 Å². The second-order valence-electron chi connectivity index (χ2n) is 7.61. The van der Waals surface area contributed by atoms with Crippen molar-refractivity contribution in [3.8, 4) is 0 Å². The van der Waals surface area contributed by atoms with E-state index in [0.29, 0.717) is 0 Å². The minimum absolute atomic E-state index is 0.0579. The molecule has 0 radical (unpaired) electrons. The maximum absolute atomic E-state index is 12.7. The molecule has 1 amide bonds. The second kappa shape index (κ2) is 8.58. The van der Waals surface area contributed by atoms with E-state index in [4.69, 9.17) is 16.3 Å². The molecule has 1 aromatic carbocycles. The highest BCUT2D eigenvalue weighted by atomic mass is 35.5. The molecule has 7 nitrogen and oxygen atoms in total. The van der Waals surface area contributed by atoms with Gasteiger partial charge in [-0.1, -0.05) is 44.5 Å². The lowest BCUT2D eigenvalue weighted by atomic mass is 9.92. The molecule has 1 aliphatic heterocycles. The van der Waals surface area contributed by atoms with Crippen molar-refractivity contribution in [1.82, 2.24) is 9.21 Å². The van der Waals surface area contributed by atoms with E-state index < -0.39 is 16.0 Å². The molecule has 0 unspecified atom stereocenters. The number of sulfonamides is 1. The largest absolute Gasteiger partial charge is 0.456 e. The number of esters is 1. The number of rotatable bonds is 5. The first-order valence-corrected chi connectivity index (χ1v) is 10.5. The summed E-state index contributed by atoms with van der Waals surface area (Å²) in [5, 5.41) is 0.168. The molecule has 0 aromatic heterocycles. The Bertz CT molecular complexity index is 796. The third-order valence-corrected chi connectivity index (χ3v) is 6.48. The second-order valence-corrected chi connectivity index (χ2v) is 9.93. The molecule has 0 bridgehead atoms. The van der Waals surface area contributed by atoms with Crippen molar-refractivity contribution >= 4 is 33.5 Å². The molecule has 0 spiro atoms. The summed E-state index contributed by atoms with van der Waals surface area (Å²) in [4.78, 5) is 25.5. The van der Waals surface area contributed by atoms with E-state index in [2.05, 4.69) is 0 Å². The molecule has 0 saturated carbocycles. The van der Waals surface area contributed by atoms with E-state index in [1.807, 2.05) is 20.8 Å². The third-order valence-electron chi connectivity index (χ3n) is 4.08. The van der Waals surface area contributed by atoms with Gasteiger partial charge in [-0.25, -0.2) is 8.42 Å². The SMILES string of the molecule is CC(C)(C)CC(=O)OCC(=O)N1CCN(S(=O)(=O)c2ccccc2Cl)CC1. The van der Waals surface area contributed by atoms with E-state index in [0.717, 1.165) is 0 Å². The van der Waals surface area contributed by atoms with Gasteiger partial charge in [0.25, 0.3) is 5.91 Å². The van der Waals surface area contributed by atoms with Gasteiger partial charge in [0.1, 0.15) is 4.90 Å². The number of nitrogens with zero attached hydrogens (tertiary/aromatic N) is 2. The number of amides is 1. The molecular weight excluding hydrogens is 392 g/mol. The van der Waals surface area contributed by atoms with Gasteiger partial charge in [0.2, 0.25) is 10.0 Å². The molecular formula is C18H25ClN2O5S. The van der Waals surface area contributed by atoms with Crippen LogP contribution in [0.2, 0.25) is 5.02 Å². The van der Waals surface area contributed by atoms with Crippen molar-refractivity contribution < 1.29 is 22.7 Å². The fourth-order valence-electron chi connectivity index (χ4n) is 2.69. The number of benzene rings is 1. The van der Waals surface area contributed by atoms with Gasteiger partial charge >= 0.3 is 5.97 Å². The normalized spacial score (nSPS) is 16.2. The summed E-state index contributed by atoms with van der Waals surface area (Å²) in [5.74, 6) is -0.747. The van der Waals surface area contributed by atoms with Gasteiger partial charge in [0.15, 0.2) is 6.61 Å². The number of carbonyl (C=O) groups excluding carboxylic acids is 2. The Morgan fingerprint density at radius 3 is 2.26 bits per heavy atom. The Balaban J connectivity index is 1.89. The minimum atomic E-state index is -3.71. The molecule has 27 heavy (non-hydrogen) atoms. The van der Waals surface area contributed by atoms with Crippen molar-refractivity contribution in [3.63, 3.8) is 0 Å². The summed E-state index contributed by atoms with van der Waals surface area (Å²) < 4.78 is 31.7. The number of halogens is 1. The molecule has 0 atom stereocenters. The number of piperazine rings is 1. The maximum Gasteiger partial charge on any atom is 0.306 e. The highest BCUT2D eigenvalue weighted by Gasteiger charge is 2.31. The number of ether oxygens (including phenoxy) is 1. The highest BCUT2D eigenvalue weighted by molar-refractivity contribution is 7.89. The van der Waals surface area contributed by atoms with Crippen LogP contribution in [0.25, 0.3) is 0 Å². The number of hydrogen-bond donors (Lipinski definition) is 0. The zero-order chi connectivity index (χ0) is 20.2. The van der Waals surface area contributed by atoms with Crippen LogP contribution in [0.4, 0.5) is 0 Å². The van der Waals surface area contributed by atoms with Gasteiger partial charge in [-0.05, 0) is 17.5 Å². The minimum Gasteiger partial charge on any atom is -0.456 e. The molecule has 150 valence electrons. The summed E-state index contributed by atoms with van der Waals surface area (Å²) in [6, 6.07) is 6.27. The molecule has 1 fully saturated rings. The molecule has 1 saturated heterocycles. The third kappa shape index (κ3) is 5.92. The van der Waals surface area contributed by atoms with Crippen LogP contribution >= 0.6 is 11.6 Å². The summed E-state index contributed by atoms with van der Waals surface area (Å²) in [5.41, 5.74) is -0.209. The molecule has 9 heteroatoms. The van der Waals surface area contributed by atoms with Crippen LogP contribution < -0.4 is 0 Å². The topological polar surface area (TPSA) is 84.0 Å². The van der Waals surface area contributed by atoms with Gasteiger partial charge in [0.05, 0.1) is 11.4 Å². The molecule has 1 heterocycles. The number of carbonyl (C=O) groups is 2. The number of hydrogen-bond acceptors (Lipinski definition) is 5. The first-order chi connectivity index (χ1) is 12.5. The fourth-order valence-corrected chi connectivity index (χ4v) is 4.60. The van der Waals surface area contributed by atoms with Crippen LogP contribution in [-0.2, 0) is 24.3 Å². The Morgan fingerprint density at radius 2 is 1.70 bits per heavy atom. The summed E-state index contributed by atoms with van der Waals surface area (Å²) in [6.07, 6.45) is 0.226. The van der Waals surface area contributed by atoms with Gasteiger partial charge in [-0.3, -0.25) is 9.59 Å². The van der Waals surface area contributed by atoms with Crippen LogP contribution in [0.3, 0.4) is 0 Å². The predicted molar refractivity (Wildman–Crippen MR) is 102 cm³/mol. The standard InChI is InChI=1S/C18H25ClN2O5S/c1-18(2,3)12-17(23)26-13-16(22)20-8-10-21(11-9-20)27(24,25)15-7-5-4-6-14(15)19/h4-7H,8-13H2,1-3H3. The molecule has 2 rings (SSSR count).